The van der Waals surface area contributed by atoms with Gasteiger partial charge >= 0.3 is 0 Å². The van der Waals surface area contributed by atoms with E-state index in [-0.39, 0.29) is 16.7 Å². The summed E-state index contributed by atoms with van der Waals surface area (Å²) in [6.45, 7) is 0. The van der Waals surface area contributed by atoms with Crippen molar-refractivity contribution in [1.29, 1.82) is 0 Å². The summed E-state index contributed by atoms with van der Waals surface area (Å²) in [7, 11) is 0. The van der Waals surface area contributed by atoms with Crippen molar-refractivity contribution in [2.75, 3.05) is 5.32 Å². The Bertz CT molecular complexity index is 948. The number of rotatable bonds is 2. The first-order chi connectivity index (χ1) is 11.5. The fraction of sp³-hybridized carbons (Fsp3) is 0. The number of nitrogens with zero attached hydrogens (tertiary/aromatic N) is 2. The van der Waals surface area contributed by atoms with Crippen LogP contribution in [0.4, 0.5) is 24.7 Å². The Balaban J connectivity index is 1.82. The lowest BCUT2D eigenvalue weighted by Gasteiger charge is -2.06. The first-order valence-corrected chi connectivity index (χ1v) is 7.03. The highest BCUT2D eigenvalue weighted by molar-refractivity contribution is 7.80. The molecule has 24 heavy (non-hydrogen) atoms. The maximum Gasteiger partial charge on any atom is 0.218 e. The number of para-hydroxylation sites is 1. The number of aromatic amines is 1. The van der Waals surface area contributed by atoms with Crippen LogP contribution in [0, 0.1) is 17.5 Å². The van der Waals surface area contributed by atoms with Crippen molar-refractivity contribution < 1.29 is 18.3 Å². The molecule has 3 N–H and O–H groups in total. The highest BCUT2D eigenvalue weighted by Gasteiger charge is 2.13. The van der Waals surface area contributed by atoms with E-state index in [0.717, 1.165) is 0 Å². The number of hydrogen-bond acceptors (Lipinski definition) is 3. The molecule has 0 spiro atoms. The quantitative estimate of drug-likeness (QED) is 0.460. The van der Waals surface area contributed by atoms with Gasteiger partial charge in [0.1, 0.15) is 11.5 Å². The first kappa shape index (κ1) is 15.9. The molecule has 2 aromatic carbocycles. The number of benzene rings is 2. The molecule has 0 fully saturated rings. The van der Waals surface area contributed by atoms with Gasteiger partial charge in [0, 0.05) is 17.5 Å². The second kappa shape index (κ2) is 6.28. The number of aromatic hydroxyl groups is 1. The summed E-state index contributed by atoms with van der Waals surface area (Å²) in [6, 6.07) is 7.94. The lowest BCUT2D eigenvalue weighted by atomic mass is 10.2. The van der Waals surface area contributed by atoms with Crippen LogP contribution >= 0.6 is 12.2 Å². The van der Waals surface area contributed by atoms with Crippen molar-refractivity contribution >= 4 is 39.7 Å². The van der Waals surface area contributed by atoms with E-state index in [2.05, 4.69) is 20.5 Å². The highest BCUT2D eigenvalue weighted by Crippen LogP contribution is 2.34. The van der Waals surface area contributed by atoms with E-state index >= 15 is 0 Å². The summed E-state index contributed by atoms with van der Waals surface area (Å²) < 4.78 is 39.9. The lowest BCUT2D eigenvalue weighted by molar-refractivity contribution is 0.482. The minimum Gasteiger partial charge on any atom is -0.504 e. The Morgan fingerprint density at radius 1 is 1.12 bits per heavy atom. The smallest absolute Gasteiger partial charge is 0.218 e. The summed E-state index contributed by atoms with van der Waals surface area (Å²) in [5, 5.41) is 19.7. The number of azo groups is 1. The van der Waals surface area contributed by atoms with Crippen LogP contribution in [0.1, 0.15) is 0 Å². The van der Waals surface area contributed by atoms with Crippen LogP contribution < -0.4 is 5.32 Å². The summed E-state index contributed by atoms with van der Waals surface area (Å²) in [5.74, 6) is -3.44. The summed E-state index contributed by atoms with van der Waals surface area (Å²) in [4.78, 5) is 2.82. The molecule has 0 aliphatic heterocycles. The van der Waals surface area contributed by atoms with E-state index in [0.29, 0.717) is 23.0 Å². The normalized spacial score (nSPS) is 11.3. The molecule has 122 valence electrons. The Morgan fingerprint density at radius 3 is 2.46 bits per heavy atom. The highest BCUT2D eigenvalue weighted by atomic mass is 32.1. The fourth-order valence-electron chi connectivity index (χ4n) is 2.07. The molecule has 1 aromatic heterocycles. The van der Waals surface area contributed by atoms with Gasteiger partial charge in [0.05, 0.1) is 5.52 Å². The van der Waals surface area contributed by atoms with Crippen molar-refractivity contribution in [2.24, 2.45) is 10.2 Å². The van der Waals surface area contributed by atoms with Crippen LogP contribution in [0.5, 0.6) is 5.75 Å². The average molecular weight is 350 g/mol. The van der Waals surface area contributed by atoms with E-state index in [1.54, 1.807) is 24.3 Å². The van der Waals surface area contributed by atoms with Gasteiger partial charge in [-0.2, -0.15) is 0 Å². The van der Waals surface area contributed by atoms with Gasteiger partial charge in [-0.25, -0.2) is 13.2 Å². The van der Waals surface area contributed by atoms with Crippen LogP contribution in [-0.4, -0.2) is 15.2 Å². The molecule has 0 bridgehead atoms. The number of nitrogens with one attached hydrogen (secondary N) is 2. The lowest BCUT2D eigenvalue weighted by Crippen LogP contribution is -2.09. The Kier molecular flexibility index (Phi) is 4.17. The third-order valence-corrected chi connectivity index (χ3v) is 3.32. The molecule has 9 heteroatoms. The number of halogens is 3. The van der Waals surface area contributed by atoms with Crippen molar-refractivity contribution in [2.45, 2.75) is 0 Å². The fourth-order valence-corrected chi connectivity index (χ4v) is 2.22. The van der Waals surface area contributed by atoms with Crippen LogP contribution in [0.25, 0.3) is 10.9 Å². The predicted molar refractivity (Wildman–Crippen MR) is 87.0 cm³/mol. The summed E-state index contributed by atoms with van der Waals surface area (Å²) in [5.41, 5.74) is -0.000306. The second-order valence-corrected chi connectivity index (χ2v) is 5.13. The third kappa shape index (κ3) is 3.06. The van der Waals surface area contributed by atoms with Crippen LogP contribution in [0.2, 0.25) is 0 Å². The van der Waals surface area contributed by atoms with E-state index in [1.807, 2.05) is 0 Å². The zero-order chi connectivity index (χ0) is 17.3. The van der Waals surface area contributed by atoms with Crippen molar-refractivity contribution in [3.63, 3.8) is 0 Å². The van der Waals surface area contributed by atoms with E-state index < -0.39 is 23.1 Å². The van der Waals surface area contributed by atoms with Crippen molar-refractivity contribution in [3.05, 3.63) is 53.8 Å². The molecule has 5 nitrogen and oxygen atoms in total. The maximum absolute atomic E-state index is 13.5. The maximum atomic E-state index is 13.5. The third-order valence-electron chi connectivity index (χ3n) is 3.14. The van der Waals surface area contributed by atoms with Gasteiger partial charge in [-0.05, 0) is 24.4 Å². The minimum absolute atomic E-state index is 0.0420. The molecule has 0 amide bonds. The number of anilines is 1. The van der Waals surface area contributed by atoms with E-state index in [4.69, 9.17) is 12.2 Å². The largest absolute Gasteiger partial charge is 0.504 e. The molecule has 0 saturated carbocycles. The molecule has 0 atom stereocenters. The zero-order valence-corrected chi connectivity index (χ0v) is 12.7. The molecule has 3 rings (SSSR count). The van der Waals surface area contributed by atoms with Crippen LogP contribution in [-0.2, 0) is 0 Å². The Hall–Kier alpha value is -2.94. The number of thiocarbonyl (C=S) groups is 1. The first-order valence-electron chi connectivity index (χ1n) is 6.62. The predicted octanol–water partition coefficient (Wildman–Crippen LogP) is 4.77. The Morgan fingerprint density at radius 2 is 1.79 bits per heavy atom. The molecule has 1 heterocycles. The summed E-state index contributed by atoms with van der Waals surface area (Å²) in [6.07, 6.45) is 0. The molecule has 0 unspecified atom stereocenters. The molecular formula is C15H9F3N4OS. The van der Waals surface area contributed by atoms with Crippen molar-refractivity contribution in [3.8, 4) is 5.75 Å². The number of aromatic nitrogens is 1. The topological polar surface area (TPSA) is 72.8 Å². The van der Waals surface area contributed by atoms with Gasteiger partial charge in [-0.3, -0.25) is 0 Å². The molecule has 0 radical (unpaired) electrons. The molecular weight excluding hydrogens is 341 g/mol. The molecule has 3 aromatic rings. The van der Waals surface area contributed by atoms with Gasteiger partial charge in [0.25, 0.3) is 0 Å². The summed E-state index contributed by atoms with van der Waals surface area (Å²) >= 11 is 4.82. The minimum atomic E-state index is -1.15. The standard InChI is InChI=1S/C15H9F3N4OS/c16-7-5-9(17)12(10(18)6-7)20-15(24)22-21-14-13(23)8-3-1-2-4-11(8)19-14/h1-6,19,23H,(H,20,24). The van der Waals surface area contributed by atoms with Crippen molar-refractivity contribution in [1.82, 2.24) is 4.98 Å². The van der Waals surface area contributed by atoms with Gasteiger partial charge in [0.15, 0.2) is 23.2 Å². The van der Waals surface area contributed by atoms with Gasteiger partial charge in [0.2, 0.25) is 5.11 Å². The van der Waals surface area contributed by atoms with Gasteiger partial charge in [-0.15, -0.1) is 10.2 Å². The monoisotopic (exact) mass is 350 g/mol. The Labute approximate surface area is 138 Å². The number of hydrogen-bond donors (Lipinski definition) is 3. The van der Waals surface area contributed by atoms with E-state index in [1.165, 1.54) is 0 Å². The molecule has 0 aliphatic carbocycles. The zero-order valence-electron chi connectivity index (χ0n) is 11.8. The van der Waals surface area contributed by atoms with Gasteiger partial charge in [-0.1, -0.05) is 12.1 Å². The van der Waals surface area contributed by atoms with E-state index in [9.17, 15) is 18.3 Å². The number of H-pyrrole nitrogens is 1. The van der Waals surface area contributed by atoms with Gasteiger partial charge < -0.3 is 15.4 Å². The van der Waals surface area contributed by atoms with Crippen LogP contribution in [0.15, 0.2) is 46.6 Å². The SMILES string of the molecule is Oc1c(N=NC(=S)Nc2c(F)cc(F)cc2F)[nH]c2ccccc12. The van der Waals surface area contributed by atoms with Crippen LogP contribution in [0.3, 0.4) is 0 Å². The number of fused-ring (bicyclic) bond motifs is 1. The second-order valence-electron chi connectivity index (χ2n) is 4.74. The molecule has 0 saturated heterocycles. The average Bonchev–Trinajstić information content (AvgIpc) is 2.85. The molecule has 0 aliphatic rings.